The van der Waals surface area contributed by atoms with E-state index < -0.39 is 0 Å². The molecule has 0 saturated carbocycles. The first kappa shape index (κ1) is 12.9. The lowest BCUT2D eigenvalue weighted by Gasteiger charge is -2.32. The molecular formula is C14H16Cl2O. The number of aliphatic hydroxyl groups is 1. The van der Waals surface area contributed by atoms with Crippen LogP contribution in [0.15, 0.2) is 24.3 Å². The Labute approximate surface area is 112 Å². The van der Waals surface area contributed by atoms with Gasteiger partial charge in [-0.2, -0.15) is 0 Å². The topological polar surface area (TPSA) is 20.2 Å². The quantitative estimate of drug-likeness (QED) is 0.794. The van der Waals surface area contributed by atoms with E-state index in [9.17, 15) is 5.11 Å². The van der Waals surface area contributed by atoms with Crippen molar-refractivity contribution in [1.82, 2.24) is 0 Å². The van der Waals surface area contributed by atoms with Crippen LogP contribution in [0, 0.1) is 5.41 Å². The molecule has 1 aliphatic rings. The Balaban J connectivity index is 2.36. The monoisotopic (exact) mass is 270 g/mol. The first-order valence-electron chi connectivity index (χ1n) is 5.72. The van der Waals surface area contributed by atoms with Crippen LogP contribution in [0.3, 0.4) is 0 Å². The summed E-state index contributed by atoms with van der Waals surface area (Å²) in [5.41, 5.74) is 2.31. The van der Waals surface area contributed by atoms with Crippen molar-refractivity contribution in [2.45, 2.75) is 32.8 Å². The number of allylic oxidation sites excluding steroid dienone is 1. The predicted octanol–water partition coefficient (Wildman–Crippen LogP) is 4.56. The van der Waals surface area contributed by atoms with E-state index in [-0.39, 0.29) is 11.5 Å². The molecule has 0 spiro atoms. The smallest absolute Gasteiger partial charge is 0.0732 e. The van der Waals surface area contributed by atoms with Crippen LogP contribution in [-0.4, -0.2) is 11.2 Å². The molecule has 0 radical (unpaired) electrons. The normalized spacial score (nSPS) is 23.4. The molecule has 0 saturated heterocycles. The van der Waals surface area contributed by atoms with Crippen LogP contribution in [-0.2, 0) is 0 Å². The van der Waals surface area contributed by atoms with Crippen molar-refractivity contribution in [2.75, 3.05) is 0 Å². The van der Waals surface area contributed by atoms with Gasteiger partial charge in [0, 0.05) is 0 Å². The molecule has 2 rings (SSSR count). The van der Waals surface area contributed by atoms with Crippen molar-refractivity contribution in [3.05, 3.63) is 39.9 Å². The van der Waals surface area contributed by atoms with Crippen LogP contribution in [0.4, 0.5) is 0 Å². The summed E-state index contributed by atoms with van der Waals surface area (Å²) in [6.07, 6.45) is 3.30. The molecule has 1 aromatic carbocycles. The van der Waals surface area contributed by atoms with Crippen LogP contribution in [0.1, 0.15) is 32.3 Å². The number of benzene rings is 1. The Hall–Kier alpha value is -0.500. The fourth-order valence-electron chi connectivity index (χ4n) is 2.40. The first-order valence-corrected chi connectivity index (χ1v) is 6.47. The van der Waals surface area contributed by atoms with Gasteiger partial charge in [-0.05, 0) is 41.5 Å². The summed E-state index contributed by atoms with van der Waals surface area (Å²) in [5, 5.41) is 11.0. The highest BCUT2D eigenvalue weighted by Crippen LogP contribution is 2.40. The van der Waals surface area contributed by atoms with E-state index in [0.29, 0.717) is 10.0 Å². The summed E-state index contributed by atoms with van der Waals surface area (Å²) in [5.74, 6) is 0. The van der Waals surface area contributed by atoms with Crippen LogP contribution < -0.4 is 0 Å². The van der Waals surface area contributed by atoms with E-state index in [1.54, 1.807) is 6.07 Å². The fraction of sp³-hybridized carbons (Fsp3) is 0.429. The lowest BCUT2D eigenvalue weighted by atomic mass is 9.74. The Bertz CT molecular complexity index is 463. The Morgan fingerprint density at radius 3 is 2.53 bits per heavy atom. The minimum absolute atomic E-state index is 0.121. The molecule has 0 heterocycles. The molecule has 17 heavy (non-hydrogen) atoms. The van der Waals surface area contributed by atoms with Crippen LogP contribution >= 0.6 is 23.2 Å². The second-order valence-corrected chi connectivity index (χ2v) is 6.25. The van der Waals surface area contributed by atoms with Gasteiger partial charge < -0.3 is 5.11 Å². The molecule has 1 N–H and O–H groups in total. The first-order chi connectivity index (χ1) is 7.87. The zero-order valence-corrected chi connectivity index (χ0v) is 11.5. The van der Waals surface area contributed by atoms with E-state index in [0.717, 1.165) is 24.0 Å². The van der Waals surface area contributed by atoms with Crippen LogP contribution in [0.25, 0.3) is 5.57 Å². The second kappa shape index (κ2) is 4.64. The highest BCUT2D eigenvalue weighted by Gasteiger charge is 2.28. The zero-order valence-electron chi connectivity index (χ0n) is 10.0. The average molecular weight is 271 g/mol. The van der Waals surface area contributed by atoms with Gasteiger partial charge in [0.25, 0.3) is 0 Å². The van der Waals surface area contributed by atoms with Gasteiger partial charge in [-0.3, -0.25) is 0 Å². The number of hydrogen-bond donors (Lipinski definition) is 1. The summed E-state index contributed by atoms with van der Waals surface area (Å²) in [4.78, 5) is 0. The standard InChI is InChI=1S/C14H16Cl2O/c1-14(2)7-10(5-11(17)8-14)9-3-4-12(15)13(16)6-9/h3-6,11,17H,7-8H2,1-2H3. The fourth-order valence-corrected chi connectivity index (χ4v) is 2.70. The molecule has 1 unspecified atom stereocenters. The summed E-state index contributed by atoms with van der Waals surface area (Å²) < 4.78 is 0. The molecule has 1 aliphatic carbocycles. The number of aliphatic hydroxyl groups excluding tert-OH is 1. The van der Waals surface area contributed by atoms with Gasteiger partial charge in [-0.25, -0.2) is 0 Å². The minimum Gasteiger partial charge on any atom is -0.389 e. The van der Waals surface area contributed by atoms with Crippen molar-refractivity contribution in [3.63, 3.8) is 0 Å². The van der Waals surface area contributed by atoms with E-state index in [1.807, 2.05) is 18.2 Å². The molecular weight excluding hydrogens is 255 g/mol. The third kappa shape index (κ3) is 3.04. The highest BCUT2D eigenvalue weighted by molar-refractivity contribution is 6.42. The molecule has 1 nitrogen and oxygen atoms in total. The zero-order chi connectivity index (χ0) is 12.6. The van der Waals surface area contributed by atoms with Gasteiger partial charge >= 0.3 is 0 Å². The number of rotatable bonds is 1. The number of hydrogen-bond acceptors (Lipinski definition) is 1. The van der Waals surface area contributed by atoms with Gasteiger partial charge in [-0.15, -0.1) is 0 Å². The van der Waals surface area contributed by atoms with Crippen LogP contribution in [0.5, 0.6) is 0 Å². The Kier molecular flexibility index (Phi) is 3.53. The Morgan fingerprint density at radius 1 is 1.24 bits per heavy atom. The molecule has 0 bridgehead atoms. The van der Waals surface area contributed by atoms with E-state index in [1.165, 1.54) is 0 Å². The van der Waals surface area contributed by atoms with Crippen molar-refractivity contribution >= 4 is 28.8 Å². The third-order valence-electron chi connectivity index (χ3n) is 3.11. The maximum Gasteiger partial charge on any atom is 0.0732 e. The molecule has 0 amide bonds. The van der Waals surface area contributed by atoms with E-state index >= 15 is 0 Å². The van der Waals surface area contributed by atoms with Gasteiger partial charge in [0.05, 0.1) is 16.1 Å². The molecule has 0 fully saturated rings. The molecule has 1 aromatic rings. The predicted molar refractivity (Wildman–Crippen MR) is 73.5 cm³/mol. The third-order valence-corrected chi connectivity index (χ3v) is 3.85. The van der Waals surface area contributed by atoms with Gasteiger partial charge in [-0.1, -0.05) is 49.2 Å². The Morgan fingerprint density at radius 2 is 1.94 bits per heavy atom. The summed E-state index contributed by atoms with van der Waals surface area (Å²) in [7, 11) is 0. The maximum absolute atomic E-state index is 9.86. The van der Waals surface area contributed by atoms with E-state index in [2.05, 4.69) is 13.8 Å². The summed E-state index contributed by atoms with van der Waals surface area (Å²) >= 11 is 11.9. The lowest BCUT2D eigenvalue weighted by Crippen LogP contribution is -2.24. The van der Waals surface area contributed by atoms with Gasteiger partial charge in [0.15, 0.2) is 0 Å². The molecule has 92 valence electrons. The summed E-state index contributed by atoms with van der Waals surface area (Å²) in [6, 6.07) is 5.62. The van der Waals surface area contributed by atoms with E-state index in [4.69, 9.17) is 23.2 Å². The summed E-state index contributed by atoms with van der Waals surface area (Å²) in [6.45, 7) is 4.33. The lowest BCUT2D eigenvalue weighted by molar-refractivity contribution is 0.146. The maximum atomic E-state index is 9.86. The molecule has 3 heteroatoms. The van der Waals surface area contributed by atoms with Gasteiger partial charge in [0.1, 0.15) is 0 Å². The second-order valence-electron chi connectivity index (χ2n) is 5.43. The number of halogens is 2. The SMILES string of the molecule is CC1(C)CC(c2ccc(Cl)c(Cl)c2)=CC(O)C1. The van der Waals surface area contributed by atoms with Crippen molar-refractivity contribution in [3.8, 4) is 0 Å². The van der Waals surface area contributed by atoms with Crippen molar-refractivity contribution < 1.29 is 5.11 Å². The molecule has 0 aliphatic heterocycles. The molecule has 1 atom stereocenters. The molecule has 0 aromatic heterocycles. The minimum atomic E-state index is -0.372. The highest BCUT2D eigenvalue weighted by atomic mass is 35.5. The van der Waals surface area contributed by atoms with Crippen LogP contribution in [0.2, 0.25) is 10.0 Å². The van der Waals surface area contributed by atoms with Crippen molar-refractivity contribution in [1.29, 1.82) is 0 Å². The largest absolute Gasteiger partial charge is 0.389 e. The van der Waals surface area contributed by atoms with Gasteiger partial charge in [0.2, 0.25) is 0 Å². The van der Waals surface area contributed by atoms with Crippen molar-refractivity contribution in [2.24, 2.45) is 5.41 Å². The average Bonchev–Trinajstić information content (AvgIpc) is 2.19.